The minimum Gasteiger partial charge on any atom is -0.469 e. The van der Waals surface area contributed by atoms with E-state index in [2.05, 4.69) is 5.32 Å². The number of esters is 1. The van der Waals surface area contributed by atoms with Crippen LogP contribution in [0, 0.1) is 0 Å². The molecule has 1 atom stereocenters. The van der Waals surface area contributed by atoms with Crippen molar-refractivity contribution in [3.8, 4) is 0 Å². The van der Waals surface area contributed by atoms with Crippen molar-refractivity contribution in [3.63, 3.8) is 0 Å². The summed E-state index contributed by atoms with van der Waals surface area (Å²) in [7, 11) is 1.43. The molecular weight excluding hydrogens is 238 g/mol. The van der Waals surface area contributed by atoms with E-state index in [0.29, 0.717) is 11.4 Å². The number of methoxy groups -OCH3 is 1. The van der Waals surface area contributed by atoms with Gasteiger partial charge in [0.1, 0.15) is 0 Å². The molecule has 1 N–H and O–H groups in total. The number of carbonyl (C=O) groups is 1. The summed E-state index contributed by atoms with van der Waals surface area (Å²) in [5, 5.41) is 4.07. The number of ether oxygens (including phenoxy) is 1. The fourth-order valence-electron chi connectivity index (χ4n) is 2.26. The van der Waals surface area contributed by atoms with Crippen LogP contribution in [0.25, 0.3) is 0 Å². The summed E-state index contributed by atoms with van der Waals surface area (Å²) in [5.74, 6) is 0.0361. The maximum Gasteiger partial charge on any atom is 0.306 e. The standard InChI is InChI=1S/C13H16ClNO2/c1-17-13(16)7-9-3-2-6-15-12-5-4-10(14)8-11(9)12/h4-5,8-9,15H,2-3,6-7H2,1H3. The first-order chi connectivity index (χ1) is 8.20. The van der Waals surface area contributed by atoms with Gasteiger partial charge in [0.25, 0.3) is 0 Å². The van der Waals surface area contributed by atoms with Crippen molar-refractivity contribution in [2.24, 2.45) is 0 Å². The summed E-state index contributed by atoms with van der Waals surface area (Å²) in [4.78, 5) is 11.4. The average Bonchev–Trinajstić information content (AvgIpc) is 2.52. The zero-order valence-corrected chi connectivity index (χ0v) is 10.6. The Morgan fingerprint density at radius 2 is 2.41 bits per heavy atom. The number of rotatable bonds is 2. The molecule has 4 heteroatoms. The van der Waals surface area contributed by atoms with Crippen molar-refractivity contribution < 1.29 is 9.53 Å². The Labute approximate surface area is 106 Å². The van der Waals surface area contributed by atoms with Crippen LogP contribution >= 0.6 is 11.6 Å². The molecule has 0 saturated heterocycles. The van der Waals surface area contributed by atoms with Crippen molar-refractivity contribution >= 4 is 23.3 Å². The predicted molar refractivity (Wildman–Crippen MR) is 68.5 cm³/mol. The van der Waals surface area contributed by atoms with Gasteiger partial charge in [-0.05, 0) is 42.5 Å². The van der Waals surface area contributed by atoms with Gasteiger partial charge in [0.05, 0.1) is 13.5 Å². The largest absolute Gasteiger partial charge is 0.469 e. The van der Waals surface area contributed by atoms with Crippen molar-refractivity contribution in [2.45, 2.75) is 25.2 Å². The maximum atomic E-state index is 11.4. The van der Waals surface area contributed by atoms with Gasteiger partial charge in [-0.15, -0.1) is 0 Å². The molecule has 92 valence electrons. The fraction of sp³-hybridized carbons (Fsp3) is 0.462. The number of fused-ring (bicyclic) bond motifs is 1. The summed E-state index contributed by atoms with van der Waals surface area (Å²) < 4.78 is 4.75. The van der Waals surface area contributed by atoms with Crippen molar-refractivity contribution in [2.75, 3.05) is 19.0 Å². The van der Waals surface area contributed by atoms with Crippen LogP contribution in [0.5, 0.6) is 0 Å². The first-order valence-corrected chi connectivity index (χ1v) is 6.18. The van der Waals surface area contributed by atoms with Gasteiger partial charge in [0.15, 0.2) is 0 Å². The molecule has 1 heterocycles. The Balaban J connectivity index is 2.28. The highest BCUT2D eigenvalue weighted by atomic mass is 35.5. The highest BCUT2D eigenvalue weighted by molar-refractivity contribution is 6.30. The molecule has 1 aromatic rings. The third-order valence-electron chi connectivity index (χ3n) is 3.14. The maximum absolute atomic E-state index is 11.4. The molecule has 2 rings (SSSR count). The molecule has 0 saturated carbocycles. The lowest BCUT2D eigenvalue weighted by molar-refractivity contribution is -0.141. The highest BCUT2D eigenvalue weighted by Gasteiger charge is 2.21. The Kier molecular flexibility index (Phi) is 3.89. The zero-order valence-electron chi connectivity index (χ0n) is 9.83. The Hall–Kier alpha value is -1.22. The summed E-state index contributed by atoms with van der Waals surface area (Å²) >= 11 is 6.02. The van der Waals surface area contributed by atoms with E-state index in [1.165, 1.54) is 7.11 Å². The van der Waals surface area contributed by atoms with Gasteiger partial charge >= 0.3 is 5.97 Å². The van der Waals surface area contributed by atoms with E-state index in [-0.39, 0.29) is 11.9 Å². The molecule has 17 heavy (non-hydrogen) atoms. The first kappa shape index (κ1) is 12.2. The van der Waals surface area contributed by atoms with Crippen LogP contribution in [-0.4, -0.2) is 19.6 Å². The van der Waals surface area contributed by atoms with Gasteiger partial charge in [-0.25, -0.2) is 0 Å². The minimum atomic E-state index is -0.164. The summed E-state index contributed by atoms with van der Waals surface area (Å²) in [6, 6.07) is 5.80. The van der Waals surface area contributed by atoms with Crippen LogP contribution in [0.3, 0.4) is 0 Å². The number of hydrogen-bond acceptors (Lipinski definition) is 3. The third-order valence-corrected chi connectivity index (χ3v) is 3.37. The zero-order chi connectivity index (χ0) is 12.3. The van der Waals surface area contributed by atoms with Crippen LogP contribution in [0.4, 0.5) is 5.69 Å². The van der Waals surface area contributed by atoms with Crippen molar-refractivity contribution in [1.82, 2.24) is 0 Å². The molecular formula is C13H16ClNO2. The van der Waals surface area contributed by atoms with Crippen molar-refractivity contribution in [1.29, 1.82) is 0 Å². The molecule has 0 aromatic heterocycles. The van der Waals surface area contributed by atoms with Gasteiger partial charge in [0.2, 0.25) is 0 Å². The summed E-state index contributed by atoms with van der Waals surface area (Å²) in [5.41, 5.74) is 2.21. The molecule has 0 fully saturated rings. The van der Waals surface area contributed by atoms with E-state index in [0.717, 1.165) is 30.6 Å². The van der Waals surface area contributed by atoms with Gasteiger partial charge in [-0.1, -0.05) is 11.6 Å². The van der Waals surface area contributed by atoms with Gasteiger partial charge in [-0.3, -0.25) is 4.79 Å². The van der Waals surface area contributed by atoms with Gasteiger partial charge in [0, 0.05) is 17.3 Å². The predicted octanol–water partition coefficient (Wildman–Crippen LogP) is 3.19. The van der Waals surface area contributed by atoms with Crippen LogP contribution in [0.1, 0.15) is 30.7 Å². The number of halogens is 1. The van der Waals surface area contributed by atoms with Gasteiger partial charge in [-0.2, -0.15) is 0 Å². The van der Waals surface area contributed by atoms with E-state index < -0.39 is 0 Å². The molecule has 1 unspecified atom stereocenters. The number of benzene rings is 1. The smallest absolute Gasteiger partial charge is 0.306 e. The molecule has 0 spiro atoms. The number of carbonyl (C=O) groups excluding carboxylic acids is 1. The fourth-order valence-corrected chi connectivity index (χ4v) is 2.44. The molecule has 0 amide bonds. The van der Waals surface area contributed by atoms with Crippen molar-refractivity contribution in [3.05, 3.63) is 28.8 Å². The van der Waals surface area contributed by atoms with E-state index >= 15 is 0 Å². The lowest BCUT2D eigenvalue weighted by atomic mass is 9.91. The molecule has 1 aliphatic rings. The highest BCUT2D eigenvalue weighted by Crippen LogP contribution is 2.35. The summed E-state index contributed by atoms with van der Waals surface area (Å²) in [6.07, 6.45) is 2.45. The molecule has 1 aromatic carbocycles. The Morgan fingerprint density at radius 1 is 1.59 bits per heavy atom. The quantitative estimate of drug-likeness (QED) is 0.823. The molecule has 0 radical (unpaired) electrons. The minimum absolute atomic E-state index is 0.164. The SMILES string of the molecule is COC(=O)CC1CCCNc2ccc(Cl)cc21. The summed E-state index contributed by atoms with van der Waals surface area (Å²) in [6.45, 7) is 0.937. The van der Waals surface area contributed by atoms with E-state index in [1.807, 2.05) is 18.2 Å². The lowest BCUT2D eigenvalue weighted by Gasteiger charge is -2.16. The van der Waals surface area contributed by atoms with Gasteiger partial charge < -0.3 is 10.1 Å². The van der Waals surface area contributed by atoms with Crippen LogP contribution < -0.4 is 5.32 Å². The number of nitrogens with one attached hydrogen (secondary N) is 1. The third kappa shape index (κ3) is 2.91. The topological polar surface area (TPSA) is 38.3 Å². The van der Waals surface area contributed by atoms with E-state index in [4.69, 9.17) is 16.3 Å². The van der Waals surface area contributed by atoms with E-state index in [1.54, 1.807) is 0 Å². The van der Waals surface area contributed by atoms with Crippen LogP contribution in [0.2, 0.25) is 5.02 Å². The molecule has 3 nitrogen and oxygen atoms in total. The normalized spacial score (nSPS) is 18.8. The molecule has 0 aliphatic carbocycles. The van der Waals surface area contributed by atoms with Crippen LogP contribution in [-0.2, 0) is 9.53 Å². The average molecular weight is 254 g/mol. The Morgan fingerprint density at radius 3 is 3.18 bits per heavy atom. The lowest BCUT2D eigenvalue weighted by Crippen LogP contribution is -2.08. The second-order valence-electron chi connectivity index (χ2n) is 4.28. The number of anilines is 1. The first-order valence-electron chi connectivity index (χ1n) is 5.81. The Bertz CT molecular complexity index is 420. The molecule has 0 bridgehead atoms. The molecule has 1 aliphatic heterocycles. The van der Waals surface area contributed by atoms with Crippen LogP contribution in [0.15, 0.2) is 18.2 Å². The van der Waals surface area contributed by atoms with E-state index in [9.17, 15) is 4.79 Å². The second kappa shape index (κ2) is 5.41. The second-order valence-corrected chi connectivity index (χ2v) is 4.71. The number of hydrogen-bond donors (Lipinski definition) is 1. The monoisotopic (exact) mass is 253 g/mol.